The lowest BCUT2D eigenvalue weighted by molar-refractivity contribution is -0.131. The Balaban J connectivity index is 2.27. The van der Waals surface area contributed by atoms with Gasteiger partial charge in [-0.15, -0.1) is 0 Å². The second kappa shape index (κ2) is 9.53. The zero-order valence-electron chi connectivity index (χ0n) is 14.9. The molecule has 0 saturated heterocycles. The first-order chi connectivity index (χ1) is 13.4. The molecular weight excluding hydrogens is 364 g/mol. The van der Waals surface area contributed by atoms with Gasteiger partial charge >= 0.3 is 11.9 Å². The molecule has 9 heteroatoms. The number of carbonyl (C=O) groups is 3. The van der Waals surface area contributed by atoms with Crippen LogP contribution in [0.3, 0.4) is 0 Å². The molecule has 0 fully saturated rings. The number of carboxylic acids is 1. The molecule has 2 aromatic carbocycles. The molecule has 28 heavy (non-hydrogen) atoms. The largest absolute Gasteiger partial charge is 0.478 e. The standard InChI is InChI=1S/C19H18N4O5/c1-28-19(27)16-10-15(7-5-12(16)6-8-17(24)25)23-18(26)13-3-2-4-14(9-13)21-11-22-20/h2-11H,20H2,1H3,(H,21,22)(H,23,26)(H,24,25). The highest BCUT2D eigenvalue weighted by Crippen LogP contribution is 2.20. The van der Waals surface area contributed by atoms with E-state index in [1.165, 1.54) is 31.7 Å². The molecule has 9 nitrogen and oxygen atoms in total. The van der Waals surface area contributed by atoms with Gasteiger partial charge in [-0.25, -0.2) is 9.59 Å². The first kappa shape index (κ1) is 20.2. The summed E-state index contributed by atoms with van der Waals surface area (Å²) >= 11 is 0. The number of rotatable bonds is 7. The van der Waals surface area contributed by atoms with Crippen molar-refractivity contribution in [1.29, 1.82) is 0 Å². The first-order valence-electron chi connectivity index (χ1n) is 7.97. The lowest BCUT2D eigenvalue weighted by atomic mass is 10.1. The molecular formula is C19H18N4O5. The monoisotopic (exact) mass is 382 g/mol. The Morgan fingerprint density at radius 2 is 1.93 bits per heavy atom. The number of carbonyl (C=O) groups excluding carboxylic acids is 2. The van der Waals surface area contributed by atoms with Gasteiger partial charge in [-0.2, -0.15) is 5.10 Å². The highest BCUT2D eigenvalue weighted by atomic mass is 16.5. The van der Waals surface area contributed by atoms with Crippen LogP contribution in [0, 0.1) is 0 Å². The van der Waals surface area contributed by atoms with E-state index in [1.54, 1.807) is 30.3 Å². The normalized spacial score (nSPS) is 10.8. The summed E-state index contributed by atoms with van der Waals surface area (Å²) in [6, 6.07) is 11.1. The van der Waals surface area contributed by atoms with Gasteiger partial charge in [0, 0.05) is 23.0 Å². The van der Waals surface area contributed by atoms with Crippen molar-refractivity contribution in [1.82, 2.24) is 0 Å². The van der Waals surface area contributed by atoms with Crippen LogP contribution in [0.25, 0.3) is 6.08 Å². The van der Waals surface area contributed by atoms with E-state index in [-0.39, 0.29) is 5.56 Å². The van der Waals surface area contributed by atoms with Crippen molar-refractivity contribution in [2.75, 3.05) is 17.7 Å². The Bertz CT molecular complexity index is 953. The Labute approximate surface area is 160 Å². The van der Waals surface area contributed by atoms with E-state index < -0.39 is 17.8 Å². The molecule has 0 aliphatic heterocycles. The van der Waals surface area contributed by atoms with Gasteiger partial charge in [-0.1, -0.05) is 12.1 Å². The molecule has 1 amide bonds. The molecule has 2 rings (SSSR count). The Morgan fingerprint density at radius 1 is 1.14 bits per heavy atom. The average molecular weight is 382 g/mol. The smallest absolute Gasteiger partial charge is 0.338 e. The number of hydrogen-bond acceptors (Lipinski definition) is 6. The van der Waals surface area contributed by atoms with E-state index in [9.17, 15) is 14.4 Å². The summed E-state index contributed by atoms with van der Waals surface area (Å²) in [5.41, 5.74) is 1.79. The van der Waals surface area contributed by atoms with Gasteiger partial charge in [0.05, 0.1) is 12.7 Å². The molecule has 0 radical (unpaired) electrons. The summed E-state index contributed by atoms with van der Waals surface area (Å²) in [4.78, 5) is 35.2. The summed E-state index contributed by atoms with van der Waals surface area (Å²) in [5.74, 6) is 2.81. The Kier molecular flexibility index (Phi) is 6.87. The molecule has 144 valence electrons. The van der Waals surface area contributed by atoms with Crippen molar-refractivity contribution in [3.8, 4) is 0 Å². The number of nitrogens with one attached hydrogen (secondary N) is 2. The van der Waals surface area contributed by atoms with Crippen LogP contribution >= 0.6 is 0 Å². The number of benzene rings is 2. The summed E-state index contributed by atoms with van der Waals surface area (Å²) in [7, 11) is 1.21. The fourth-order valence-corrected chi connectivity index (χ4v) is 2.29. The highest BCUT2D eigenvalue weighted by Gasteiger charge is 2.13. The van der Waals surface area contributed by atoms with Crippen LogP contribution < -0.4 is 16.5 Å². The molecule has 0 aliphatic carbocycles. The maximum Gasteiger partial charge on any atom is 0.338 e. The molecule has 5 N–H and O–H groups in total. The van der Waals surface area contributed by atoms with Crippen molar-refractivity contribution in [3.63, 3.8) is 0 Å². The number of hydrogen-bond donors (Lipinski definition) is 4. The molecule has 0 saturated carbocycles. The molecule has 0 aliphatic rings. The third kappa shape index (κ3) is 5.43. The fraction of sp³-hybridized carbons (Fsp3) is 0.0526. The maximum atomic E-state index is 12.5. The van der Waals surface area contributed by atoms with Crippen molar-refractivity contribution in [2.24, 2.45) is 10.9 Å². The maximum absolute atomic E-state index is 12.5. The van der Waals surface area contributed by atoms with Gasteiger partial charge in [-0.05, 0) is 42.0 Å². The number of ether oxygens (including phenoxy) is 1. The number of anilines is 2. The number of esters is 1. The van der Waals surface area contributed by atoms with Crippen molar-refractivity contribution in [2.45, 2.75) is 0 Å². The lowest BCUT2D eigenvalue weighted by Crippen LogP contribution is -2.13. The van der Waals surface area contributed by atoms with Crippen LogP contribution in [0.1, 0.15) is 26.3 Å². The topological polar surface area (TPSA) is 143 Å². The van der Waals surface area contributed by atoms with Crippen LogP contribution in [-0.2, 0) is 9.53 Å². The number of hydrazone groups is 1. The minimum absolute atomic E-state index is 0.118. The fourth-order valence-electron chi connectivity index (χ4n) is 2.29. The van der Waals surface area contributed by atoms with E-state index in [4.69, 9.17) is 15.7 Å². The van der Waals surface area contributed by atoms with Gasteiger partial charge in [0.1, 0.15) is 6.34 Å². The Morgan fingerprint density at radius 3 is 2.61 bits per heavy atom. The van der Waals surface area contributed by atoms with Crippen LogP contribution in [0.2, 0.25) is 0 Å². The second-order valence-corrected chi connectivity index (χ2v) is 5.42. The number of nitrogens with zero attached hydrogens (tertiary/aromatic N) is 1. The van der Waals surface area contributed by atoms with Gasteiger partial charge in [0.2, 0.25) is 0 Å². The third-order valence-corrected chi connectivity index (χ3v) is 3.55. The minimum Gasteiger partial charge on any atom is -0.478 e. The minimum atomic E-state index is -1.15. The SMILES string of the molecule is COC(=O)c1cc(NC(=O)c2cccc(NC=NN)c2)ccc1C=CC(=O)O. The molecule has 0 heterocycles. The number of carboxylic acid groups (broad SMARTS) is 1. The van der Waals surface area contributed by atoms with Crippen LogP contribution in [-0.4, -0.2) is 36.4 Å². The van der Waals surface area contributed by atoms with Crippen molar-refractivity contribution in [3.05, 3.63) is 65.2 Å². The van der Waals surface area contributed by atoms with E-state index in [2.05, 4.69) is 15.7 Å². The molecule has 2 aromatic rings. The van der Waals surface area contributed by atoms with Crippen LogP contribution in [0.15, 0.2) is 53.6 Å². The summed E-state index contributed by atoms with van der Waals surface area (Å²) < 4.78 is 4.72. The molecule has 0 bridgehead atoms. The summed E-state index contributed by atoms with van der Waals surface area (Å²) in [6.45, 7) is 0. The summed E-state index contributed by atoms with van der Waals surface area (Å²) in [6.07, 6.45) is 3.46. The van der Waals surface area contributed by atoms with Crippen molar-refractivity contribution >= 4 is 41.6 Å². The number of nitrogens with two attached hydrogens (primary N) is 1. The molecule has 0 aromatic heterocycles. The molecule has 0 spiro atoms. The molecule has 0 atom stereocenters. The number of amides is 1. The zero-order valence-corrected chi connectivity index (χ0v) is 14.9. The average Bonchev–Trinajstić information content (AvgIpc) is 2.70. The highest BCUT2D eigenvalue weighted by molar-refractivity contribution is 6.06. The first-order valence-corrected chi connectivity index (χ1v) is 7.97. The quantitative estimate of drug-likeness (QED) is 0.143. The number of methoxy groups -OCH3 is 1. The van der Waals surface area contributed by atoms with E-state index >= 15 is 0 Å². The second-order valence-electron chi connectivity index (χ2n) is 5.42. The predicted molar refractivity (Wildman–Crippen MR) is 105 cm³/mol. The zero-order chi connectivity index (χ0) is 20.5. The number of aliphatic carboxylic acids is 1. The van der Waals surface area contributed by atoms with Gasteiger partial charge < -0.3 is 26.3 Å². The van der Waals surface area contributed by atoms with Crippen LogP contribution in [0.4, 0.5) is 11.4 Å². The Hall–Kier alpha value is -4.14. The summed E-state index contributed by atoms with van der Waals surface area (Å²) in [5, 5.41) is 17.6. The van der Waals surface area contributed by atoms with Gasteiger partial charge in [0.25, 0.3) is 5.91 Å². The van der Waals surface area contributed by atoms with E-state index in [0.717, 1.165) is 6.08 Å². The van der Waals surface area contributed by atoms with Gasteiger partial charge in [0.15, 0.2) is 0 Å². The lowest BCUT2D eigenvalue weighted by Gasteiger charge is -2.10. The van der Waals surface area contributed by atoms with E-state index in [1.807, 2.05) is 0 Å². The predicted octanol–water partition coefficient (Wildman–Crippen LogP) is 2.14. The molecule has 0 unspecified atom stereocenters. The third-order valence-electron chi connectivity index (χ3n) is 3.55. The van der Waals surface area contributed by atoms with Crippen molar-refractivity contribution < 1.29 is 24.2 Å². The van der Waals surface area contributed by atoms with Gasteiger partial charge in [-0.3, -0.25) is 4.79 Å². The van der Waals surface area contributed by atoms with E-state index in [0.29, 0.717) is 22.5 Å². The van der Waals surface area contributed by atoms with Crippen LogP contribution in [0.5, 0.6) is 0 Å².